The van der Waals surface area contributed by atoms with Crippen molar-refractivity contribution < 1.29 is 18.9 Å². The van der Waals surface area contributed by atoms with Crippen LogP contribution in [0.25, 0.3) is 11.3 Å². The summed E-state index contributed by atoms with van der Waals surface area (Å²) in [6.07, 6.45) is 1.65. The van der Waals surface area contributed by atoms with Crippen molar-refractivity contribution in [3.05, 3.63) is 47.3 Å². The Kier molecular flexibility index (Phi) is 6.33. The van der Waals surface area contributed by atoms with Gasteiger partial charge in [0.15, 0.2) is 11.5 Å². The van der Waals surface area contributed by atoms with Crippen LogP contribution in [0.5, 0.6) is 23.0 Å². The molecule has 3 aromatic rings. The molecule has 2 aromatic carbocycles. The summed E-state index contributed by atoms with van der Waals surface area (Å²) in [4.78, 5) is 4.55. The van der Waals surface area contributed by atoms with Crippen LogP contribution in [0.1, 0.15) is 5.56 Å². The third-order valence-corrected chi connectivity index (χ3v) is 4.74. The van der Waals surface area contributed by atoms with Gasteiger partial charge in [0.25, 0.3) is 0 Å². The maximum absolute atomic E-state index is 5.39. The van der Waals surface area contributed by atoms with Crippen LogP contribution in [0.15, 0.2) is 46.9 Å². The number of aromatic nitrogens is 1. The number of ether oxygens (including phenoxy) is 4. The van der Waals surface area contributed by atoms with Crippen LogP contribution in [0.2, 0.25) is 0 Å². The average Bonchev–Trinajstić information content (AvgIpc) is 3.22. The van der Waals surface area contributed by atoms with E-state index in [4.69, 9.17) is 18.9 Å². The fourth-order valence-electron chi connectivity index (χ4n) is 2.53. The Hall–Kier alpha value is -3.26. The minimum atomic E-state index is 0.591. The Morgan fingerprint density at radius 1 is 0.893 bits per heavy atom. The molecule has 0 aliphatic rings. The Morgan fingerprint density at radius 2 is 1.57 bits per heavy atom. The van der Waals surface area contributed by atoms with E-state index >= 15 is 0 Å². The minimum Gasteiger partial charge on any atom is -0.497 e. The Morgan fingerprint density at radius 3 is 2.21 bits per heavy atom. The van der Waals surface area contributed by atoms with Crippen molar-refractivity contribution in [3.63, 3.8) is 0 Å². The number of nitrogens with zero attached hydrogens (tertiary/aromatic N) is 2. The van der Waals surface area contributed by atoms with Gasteiger partial charge in [0, 0.05) is 22.6 Å². The predicted octanol–water partition coefficient (Wildman–Crippen LogP) is 4.29. The predicted molar refractivity (Wildman–Crippen MR) is 111 cm³/mol. The highest BCUT2D eigenvalue weighted by atomic mass is 32.1. The summed E-state index contributed by atoms with van der Waals surface area (Å²) in [5.74, 6) is 2.63. The molecule has 0 radical (unpaired) electrons. The molecule has 0 bridgehead atoms. The van der Waals surface area contributed by atoms with E-state index in [1.807, 2.05) is 29.6 Å². The zero-order chi connectivity index (χ0) is 19.9. The first kappa shape index (κ1) is 19.5. The van der Waals surface area contributed by atoms with Crippen LogP contribution in [0.3, 0.4) is 0 Å². The van der Waals surface area contributed by atoms with Crippen LogP contribution >= 0.6 is 11.3 Å². The molecule has 0 spiro atoms. The molecule has 3 rings (SSSR count). The summed E-state index contributed by atoms with van der Waals surface area (Å²) in [6.45, 7) is 0. The molecule has 146 valence electrons. The Balaban J connectivity index is 1.73. The first-order chi connectivity index (χ1) is 13.7. The van der Waals surface area contributed by atoms with Gasteiger partial charge in [-0.15, -0.1) is 11.3 Å². The fourth-order valence-corrected chi connectivity index (χ4v) is 3.20. The summed E-state index contributed by atoms with van der Waals surface area (Å²) in [5.41, 5.74) is 5.58. The minimum absolute atomic E-state index is 0.591. The number of hydrogen-bond donors (Lipinski definition) is 1. The van der Waals surface area contributed by atoms with Gasteiger partial charge in [-0.05, 0) is 30.3 Å². The molecule has 1 N–H and O–H groups in total. The normalized spacial score (nSPS) is 10.7. The van der Waals surface area contributed by atoms with Crippen molar-refractivity contribution in [2.45, 2.75) is 0 Å². The van der Waals surface area contributed by atoms with Crippen LogP contribution in [-0.4, -0.2) is 39.6 Å². The fraction of sp³-hybridized carbons (Fsp3) is 0.200. The Bertz CT molecular complexity index is 955. The van der Waals surface area contributed by atoms with Gasteiger partial charge < -0.3 is 18.9 Å². The van der Waals surface area contributed by atoms with E-state index in [9.17, 15) is 0 Å². The molecule has 28 heavy (non-hydrogen) atoms. The highest BCUT2D eigenvalue weighted by molar-refractivity contribution is 7.14. The first-order valence-electron chi connectivity index (χ1n) is 8.37. The molecule has 1 heterocycles. The summed E-state index contributed by atoms with van der Waals surface area (Å²) < 4.78 is 21.2. The molecule has 0 fully saturated rings. The van der Waals surface area contributed by atoms with Crippen LogP contribution in [-0.2, 0) is 0 Å². The maximum Gasteiger partial charge on any atom is 0.203 e. The Labute approximate surface area is 167 Å². The third kappa shape index (κ3) is 4.34. The van der Waals surface area contributed by atoms with Gasteiger partial charge in [-0.25, -0.2) is 4.98 Å². The number of hydrazone groups is 1. The van der Waals surface area contributed by atoms with E-state index in [1.54, 1.807) is 46.8 Å². The zero-order valence-corrected chi connectivity index (χ0v) is 16.9. The van der Waals surface area contributed by atoms with Crippen molar-refractivity contribution in [1.82, 2.24) is 4.98 Å². The van der Waals surface area contributed by atoms with Crippen LogP contribution in [0, 0.1) is 0 Å². The quantitative estimate of drug-likeness (QED) is 0.450. The zero-order valence-electron chi connectivity index (χ0n) is 16.1. The number of rotatable bonds is 8. The van der Waals surface area contributed by atoms with Gasteiger partial charge in [0.2, 0.25) is 5.13 Å². The van der Waals surface area contributed by atoms with E-state index in [0.29, 0.717) is 22.4 Å². The standard InChI is InChI=1S/C20H21N3O4S/c1-24-15-7-5-13(6-8-15)16-12-28-20(22-16)23-21-11-14-9-18(26-3)19(27-4)10-17(14)25-2/h5-12H,1-4H3,(H,22,23)/b21-11-. The topological polar surface area (TPSA) is 74.2 Å². The highest BCUT2D eigenvalue weighted by Gasteiger charge is 2.10. The molecule has 0 saturated carbocycles. The molecule has 8 heteroatoms. The molecule has 0 saturated heterocycles. The summed E-state index contributed by atoms with van der Waals surface area (Å²) in [7, 11) is 6.40. The summed E-state index contributed by atoms with van der Waals surface area (Å²) in [5, 5.41) is 6.91. The van der Waals surface area contributed by atoms with E-state index < -0.39 is 0 Å². The highest BCUT2D eigenvalue weighted by Crippen LogP contribution is 2.34. The lowest BCUT2D eigenvalue weighted by molar-refractivity contribution is 0.349. The molecule has 0 unspecified atom stereocenters. The van der Waals surface area contributed by atoms with Crippen LogP contribution < -0.4 is 24.4 Å². The third-order valence-electron chi connectivity index (χ3n) is 3.99. The van der Waals surface area contributed by atoms with Gasteiger partial charge in [0.05, 0.1) is 40.3 Å². The second-order valence-corrected chi connectivity index (χ2v) is 6.44. The number of hydrogen-bond acceptors (Lipinski definition) is 8. The number of thiazole rings is 1. The van der Waals surface area contributed by atoms with Gasteiger partial charge in [0.1, 0.15) is 11.5 Å². The van der Waals surface area contributed by atoms with Crippen molar-refractivity contribution >= 4 is 22.7 Å². The lowest BCUT2D eigenvalue weighted by Crippen LogP contribution is -1.98. The SMILES string of the molecule is COc1ccc(-c2csc(N/N=C\c3cc(OC)c(OC)cc3OC)n2)cc1. The van der Waals surface area contributed by atoms with Crippen LogP contribution in [0.4, 0.5) is 5.13 Å². The molecule has 0 atom stereocenters. The summed E-state index contributed by atoms with van der Waals surface area (Å²) >= 11 is 1.47. The lowest BCUT2D eigenvalue weighted by atomic mass is 10.2. The van der Waals surface area contributed by atoms with E-state index in [2.05, 4.69) is 15.5 Å². The van der Waals surface area contributed by atoms with Gasteiger partial charge >= 0.3 is 0 Å². The smallest absolute Gasteiger partial charge is 0.203 e. The van der Waals surface area contributed by atoms with E-state index in [-0.39, 0.29) is 0 Å². The first-order valence-corrected chi connectivity index (χ1v) is 9.25. The van der Waals surface area contributed by atoms with Crippen molar-refractivity contribution in [1.29, 1.82) is 0 Å². The number of benzene rings is 2. The van der Waals surface area contributed by atoms with Crippen molar-refractivity contribution in [2.24, 2.45) is 5.10 Å². The number of nitrogens with one attached hydrogen (secondary N) is 1. The summed E-state index contributed by atoms with van der Waals surface area (Å²) in [6, 6.07) is 11.3. The van der Waals surface area contributed by atoms with Crippen molar-refractivity contribution in [3.8, 4) is 34.3 Å². The molecule has 7 nitrogen and oxygen atoms in total. The molecular formula is C20H21N3O4S. The van der Waals surface area contributed by atoms with Gasteiger partial charge in [-0.3, -0.25) is 5.43 Å². The van der Waals surface area contributed by atoms with Gasteiger partial charge in [-0.2, -0.15) is 5.10 Å². The van der Waals surface area contributed by atoms with Gasteiger partial charge in [-0.1, -0.05) is 0 Å². The lowest BCUT2D eigenvalue weighted by Gasteiger charge is -2.11. The molecule has 0 aliphatic heterocycles. The number of anilines is 1. The molecule has 1 aromatic heterocycles. The number of methoxy groups -OCH3 is 4. The van der Waals surface area contributed by atoms with Crippen molar-refractivity contribution in [2.75, 3.05) is 33.9 Å². The maximum atomic E-state index is 5.39. The van der Waals surface area contributed by atoms with E-state index in [0.717, 1.165) is 22.6 Å². The molecular weight excluding hydrogens is 378 g/mol. The average molecular weight is 399 g/mol. The second-order valence-electron chi connectivity index (χ2n) is 5.59. The monoisotopic (exact) mass is 399 g/mol. The largest absolute Gasteiger partial charge is 0.497 e. The molecule has 0 aliphatic carbocycles. The van der Waals surface area contributed by atoms with E-state index in [1.165, 1.54) is 11.3 Å². The second kappa shape index (κ2) is 9.09. The molecule has 0 amide bonds.